The van der Waals surface area contributed by atoms with E-state index in [1.54, 1.807) is 11.8 Å². The van der Waals surface area contributed by atoms with Crippen LogP contribution in [0.15, 0.2) is 30.3 Å². The van der Waals surface area contributed by atoms with Crippen molar-refractivity contribution < 1.29 is 4.79 Å². The smallest absolute Gasteiger partial charge is 0.237 e. The Bertz CT molecular complexity index is 434. The lowest BCUT2D eigenvalue weighted by molar-refractivity contribution is -0.123. The van der Waals surface area contributed by atoms with E-state index in [0.717, 1.165) is 18.6 Å². The van der Waals surface area contributed by atoms with Crippen LogP contribution in [0.4, 0.5) is 0 Å². The van der Waals surface area contributed by atoms with Gasteiger partial charge < -0.3 is 11.1 Å². The number of nitrogens with one attached hydrogen (secondary N) is 1. The Hall–Kier alpha value is -1.00. The molecule has 0 aliphatic heterocycles. The van der Waals surface area contributed by atoms with E-state index in [4.69, 9.17) is 5.73 Å². The quantitative estimate of drug-likeness (QED) is 0.776. The Morgan fingerprint density at radius 2 is 1.95 bits per heavy atom. The van der Waals surface area contributed by atoms with E-state index in [-0.39, 0.29) is 17.4 Å². The second-order valence-electron chi connectivity index (χ2n) is 6.25. The minimum absolute atomic E-state index is 0.0251. The van der Waals surface area contributed by atoms with Gasteiger partial charge in [0, 0.05) is 6.04 Å². The zero-order valence-electron chi connectivity index (χ0n) is 13.6. The van der Waals surface area contributed by atoms with Crippen LogP contribution in [0.2, 0.25) is 0 Å². The van der Waals surface area contributed by atoms with Gasteiger partial charge in [-0.3, -0.25) is 4.79 Å². The maximum absolute atomic E-state index is 12.0. The average Bonchev–Trinajstić information content (AvgIpc) is 2.44. The number of amides is 1. The number of rotatable bonds is 8. The van der Waals surface area contributed by atoms with Gasteiger partial charge in [-0.05, 0) is 42.8 Å². The highest BCUT2D eigenvalue weighted by Gasteiger charge is 2.25. The van der Waals surface area contributed by atoms with E-state index >= 15 is 0 Å². The number of carbonyl (C=O) groups excluding carboxylic acids is 1. The van der Waals surface area contributed by atoms with Crippen LogP contribution in [0.25, 0.3) is 0 Å². The van der Waals surface area contributed by atoms with Crippen molar-refractivity contribution in [3.8, 4) is 0 Å². The number of hydrogen-bond donors (Lipinski definition) is 2. The van der Waals surface area contributed by atoms with E-state index in [1.165, 1.54) is 5.56 Å². The van der Waals surface area contributed by atoms with E-state index in [0.29, 0.717) is 0 Å². The zero-order valence-corrected chi connectivity index (χ0v) is 14.4. The van der Waals surface area contributed by atoms with Crippen LogP contribution in [0.1, 0.15) is 39.2 Å². The fourth-order valence-corrected chi connectivity index (χ4v) is 3.04. The summed E-state index contributed by atoms with van der Waals surface area (Å²) in [5, 5.41) is 3.04. The lowest BCUT2D eigenvalue weighted by atomic mass is 9.79. The summed E-state index contributed by atoms with van der Waals surface area (Å²) in [4.78, 5) is 12.0. The van der Waals surface area contributed by atoms with Gasteiger partial charge in [-0.15, -0.1) is 0 Å². The number of benzene rings is 1. The van der Waals surface area contributed by atoms with Crippen LogP contribution in [-0.2, 0) is 10.2 Å². The maximum Gasteiger partial charge on any atom is 0.237 e. The molecule has 1 unspecified atom stereocenters. The van der Waals surface area contributed by atoms with Gasteiger partial charge in [-0.25, -0.2) is 0 Å². The van der Waals surface area contributed by atoms with Gasteiger partial charge in [0.05, 0.1) is 6.04 Å². The topological polar surface area (TPSA) is 55.1 Å². The zero-order chi connectivity index (χ0) is 15.9. The van der Waals surface area contributed by atoms with Crippen molar-refractivity contribution in [2.45, 2.75) is 51.1 Å². The average molecular weight is 308 g/mol. The molecule has 0 aromatic heterocycles. The first-order valence-electron chi connectivity index (χ1n) is 7.47. The maximum atomic E-state index is 12.0. The fourth-order valence-electron chi connectivity index (χ4n) is 2.55. The summed E-state index contributed by atoms with van der Waals surface area (Å²) < 4.78 is 0. The highest BCUT2D eigenvalue weighted by molar-refractivity contribution is 7.98. The highest BCUT2D eigenvalue weighted by atomic mass is 32.2. The van der Waals surface area contributed by atoms with Crippen molar-refractivity contribution in [2.24, 2.45) is 5.73 Å². The minimum Gasteiger partial charge on any atom is -0.352 e. The van der Waals surface area contributed by atoms with Crippen LogP contribution < -0.4 is 11.1 Å². The van der Waals surface area contributed by atoms with Crippen molar-refractivity contribution in [3.63, 3.8) is 0 Å². The number of carbonyl (C=O) groups is 1. The summed E-state index contributed by atoms with van der Waals surface area (Å²) in [6.07, 6.45) is 3.63. The van der Waals surface area contributed by atoms with Crippen molar-refractivity contribution in [3.05, 3.63) is 35.9 Å². The summed E-state index contributed by atoms with van der Waals surface area (Å²) in [6.45, 7) is 6.46. The first kappa shape index (κ1) is 18.1. The largest absolute Gasteiger partial charge is 0.352 e. The van der Waals surface area contributed by atoms with Crippen molar-refractivity contribution in [2.75, 3.05) is 12.0 Å². The molecule has 3 N–H and O–H groups in total. The standard InChI is InChI=1S/C17H28N2OS/c1-13(19-16(20)15(18)10-11-21-4)12-17(2,3)14-8-6-5-7-9-14/h5-9,13,15H,10-12,18H2,1-4H3,(H,19,20)/t13?,15-/m0/s1. The normalized spacial score (nSPS) is 14.5. The Balaban J connectivity index is 2.53. The second kappa shape index (κ2) is 8.44. The summed E-state index contributed by atoms with van der Waals surface area (Å²) in [6, 6.07) is 10.1. The molecule has 118 valence electrons. The van der Waals surface area contributed by atoms with Gasteiger partial charge >= 0.3 is 0 Å². The van der Waals surface area contributed by atoms with Gasteiger partial charge in [-0.1, -0.05) is 44.2 Å². The van der Waals surface area contributed by atoms with Crippen molar-refractivity contribution in [1.29, 1.82) is 0 Å². The molecule has 0 spiro atoms. The molecule has 1 aromatic rings. The third-order valence-corrected chi connectivity index (χ3v) is 4.37. The number of hydrogen-bond acceptors (Lipinski definition) is 3. The molecular weight excluding hydrogens is 280 g/mol. The Morgan fingerprint density at radius 1 is 1.33 bits per heavy atom. The third-order valence-electron chi connectivity index (χ3n) is 3.73. The molecule has 3 nitrogen and oxygen atoms in total. The van der Waals surface area contributed by atoms with Crippen LogP contribution in [0.3, 0.4) is 0 Å². The lowest BCUT2D eigenvalue weighted by Crippen LogP contribution is -2.46. The van der Waals surface area contributed by atoms with E-state index in [2.05, 4.69) is 43.4 Å². The molecule has 1 aromatic carbocycles. The Kier molecular flexibility index (Phi) is 7.26. The van der Waals surface area contributed by atoms with Crippen molar-refractivity contribution in [1.82, 2.24) is 5.32 Å². The number of thioether (sulfide) groups is 1. The van der Waals surface area contributed by atoms with Gasteiger partial charge in [-0.2, -0.15) is 11.8 Å². The molecule has 1 amide bonds. The van der Waals surface area contributed by atoms with E-state index in [9.17, 15) is 4.79 Å². The molecule has 1 rings (SSSR count). The molecule has 0 radical (unpaired) electrons. The molecule has 2 atom stereocenters. The molecule has 0 aliphatic rings. The van der Waals surface area contributed by atoms with Crippen LogP contribution in [0, 0.1) is 0 Å². The molecule has 0 aliphatic carbocycles. The van der Waals surface area contributed by atoms with Crippen molar-refractivity contribution >= 4 is 17.7 Å². The first-order valence-corrected chi connectivity index (χ1v) is 8.86. The SMILES string of the molecule is CSCC[C@H](N)C(=O)NC(C)CC(C)(C)c1ccccc1. The van der Waals surface area contributed by atoms with Gasteiger partial charge in [0.2, 0.25) is 5.91 Å². The third kappa shape index (κ3) is 6.10. The molecule has 0 bridgehead atoms. The molecule has 0 fully saturated rings. The van der Waals surface area contributed by atoms with Gasteiger partial charge in [0.25, 0.3) is 0 Å². The molecular formula is C17H28N2OS. The molecule has 21 heavy (non-hydrogen) atoms. The fraction of sp³-hybridized carbons (Fsp3) is 0.588. The predicted molar refractivity (Wildman–Crippen MR) is 92.7 cm³/mol. The van der Waals surface area contributed by atoms with E-state index < -0.39 is 6.04 Å². The molecule has 0 saturated carbocycles. The van der Waals surface area contributed by atoms with Crippen LogP contribution in [-0.4, -0.2) is 30.0 Å². The molecule has 0 saturated heterocycles. The van der Waals surface area contributed by atoms with Crippen LogP contribution >= 0.6 is 11.8 Å². The Labute approximate surface area is 133 Å². The lowest BCUT2D eigenvalue weighted by Gasteiger charge is -2.29. The summed E-state index contributed by atoms with van der Waals surface area (Å²) in [5.74, 6) is 0.874. The monoisotopic (exact) mass is 308 g/mol. The first-order chi connectivity index (χ1) is 9.86. The predicted octanol–water partition coefficient (Wildman–Crippen LogP) is 2.94. The van der Waals surface area contributed by atoms with Gasteiger partial charge in [0.1, 0.15) is 0 Å². The summed E-state index contributed by atoms with van der Waals surface area (Å²) in [5.41, 5.74) is 7.22. The molecule has 0 heterocycles. The van der Waals surface area contributed by atoms with Gasteiger partial charge in [0.15, 0.2) is 0 Å². The minimum atomic E-state index is -0.403. The summed E-state index contributed by atoms with van der Waals surface area (Å²) >= 11 is 1.71. The second-order valence-corrected chi connectivity index (χ2v) is 7.24. The number of nitrogens with two attached hydrogens (primary N) is 1. The van der Waals surface area contributed by atoms with Crippen LogP contribution in [0.5, 0.6) is 0 Å². The highest BCUT2D eigenvalue weighted by Crippen LogP contribution is 2.28. The molecule has 4 heteroatoms. The summed E-state index contributed by atoms with van der Waals surface area (Å²) in [7, 11) is 0. The Morgan fingerprint density at radius 3 is 2.52 bits per heavy atom. The van der Waals surface area contributed by atoms with E-state index in [1.807, 2.05) is 19.2 Å².